The predicted octanol–water partition coefficient (Wildman–Crippen LogP) is 12.5. The summed E-state index contributed by atoms with van der Waals surface area (Å²) in [5.41, 5.74) is 0. The Labute approximate surface area is 382 Å². The van der Waals surface area contributed by atoms with Crippen LogP contribution in [0.25, 0.3) is 0 Å². The number of rotatable bonds is 46. The molecule has 9 heteroatoms. The lowest BCUT2D eigenvalue weighted by atomic mass is 9.99. The molecule has 1 aliphatic rings. The lowest BCUT2D eigenvalue weighted by Gasteiger charge is -2.40. The van der Waals surface area contributed by atoms with Crippen LogP contribution in [0.3, 0.4) is 0 Å². The van der Waals surface area contributed by atoms with Crippen molar-refractivity contribution in [1.82, 2.24) is 5.32 Å². The molecule has 62 heavy (non-hydrogen) atoms. The van der Waals surface area contributed by atoms with Crippen molar-refractivity contribution < 1.29 is 39.8 Å². The van der Waals surface area contributed by atoms with E-state index >= 15 is 0 Å². The van der Waals surface area contributed by atoms with Gasteiger partial charge in [-0.3, -0.25) is 4.79 Å². The highest BCUT2D eigenvalue weighted by atomic mass is 16.7. The number of aliphatic hydroxyl groups excluding tert-OH is 5. The minimum atomic E-state index is -1.56. The summed E-state index contributed by atoms with van der Waals surface area (Å²) in [4.78, 5) is 13.0. The number of allylic oxidation sites excluding steroid dienone is 1. The Bertz CT molecular complexity index is 981. The van der Waals surface area contributed by atoms with Gasteiger partial charge < -0.3 is 40.3 Å². The first-order valence-corrected chi connectivity index (χ1v) is 26.9. The molecule has 368 valence electrons. The van der Waals surface area contributed by atoms with Gasteiger partial charge >= 0.3 is 0 Å². The van der Waals surface area contributed by atoms with Gasteiger partial charge in [-0.2, -0.15) is 0 Å². The summed E-state index contributed by atoms with van der Waals surface area (Å²) in [6.45, 7) is 3.80. The summed E-state index contributed by atoms with van der Waals surface area (Å²) < 4.78 is 11.2. The third kappa shape index (κ3) is 33.4. The molecule has 6 N–H and O–H groups in total. The normalized spacial score (nSPS) is 20.3. The Hall–Kier alpha value is -1.07. The highest BCUT2D eigenvalue weighted by molar-refractivity contribution is 5.76. The van der Waals surface area contributed by atoms with Gasteiger partial charge in [0.05, 0.1) is 25.4 Å². The number of carbonyl (C=O) groups excluding carboxylic acids is 1. The van der Waals surface area contributed by atoms with Gasteiger partial charge in [-0.15, -0.1) is 0 Å². The van der Waals surface area contributed by atoms with Crippen LogP contribution in [0.5, 0.6) is 0 Å². The fourth-order valence-corrected chi connectivity index (χ4v) is 8.81. The van der Waals surface area contributed by atoms with E-state index in [4.69, 9.17) is 9.47 Å². The quantitative estimate of drug-likeness (QED) is 0.0261. The number of ether oxygens (including phenoxy) is 2. The van der Waals surface area contributed by atoms with Crippen LogP contribution in [-0.2, 0) is 14.3 Å². The van der Waals surface area contributed by atoms with E-state index in [0.717, 1.165) is 38.5 Å². The van der Waals surface area contributed by atoms with Gasteiger partial charge in [-0.05, 0) is 19.3 Å². The van der Waals surface area contributed by atoms with Crippen LogP contribution < -0.4 is 5.32 Å². The van der Waals surface area contributed by atoms with E-state index in [1.54, 1.807) is 6.08 Å². The summed E-state index contributed by atoms with van der Waals surface area (Å²) in [6, 6.07) is -0.799. The largest absolute Gasteiger partial charge is 0.394 e. The number of aliphatic hydroxyl groups is 5. The average Bonchev–Trinajstić information content (AvgIpc) is 3.27. The first-order chi connectivity index (χ1) is 30.3. The zero-order chi connectivity index (χ0) is 45.1. The first-order valence-electron chi connectivity index (χ1n) is 26.9. The maximum absolute atomic E-state index is 13.0. The topological polar surface area (TPSA) is 149 Å². The fourth-order valence-electron chi connectivity index (χ4n) is 8.81. The molecule has 0 aromatic rings. The van der Waals surface area contributed by atoms with Crippen molar-refractivity contribution in [3.05, 3.63) is 12.2 Å². The van der Waals surface area contributed by atoms with E-state index in [2.05, 4.69) is 19.2 Å². The Balaban J connectivity index is 2.18. The van der Waals surface area contributed by atoms with Gasteiger partial charge in [-0.25, -0.2) is 0 Å². The minimum Gasteiger partial charge on any atom is -0.394 e. The van der Waals surface area contributed by atoms with E-state index < -0.39 is 49.5 Å². The van der Waals surface area contributed by atoms with Crippen molar-refractivity contribution in [2.24, 2.45) is 0 Å². The zero-order valence-corrected chi connectivity index (χ0v) is 40.6. The molecule has 1 aliphatic heterocycles. The summed E-state index contributed by atoms with van der Waals surface area (Å²) in [5.74, 6) is -0.172. The van der Waals surface area contributed by atoms with Crippen molar-refractivity contribution in [3.63, 3.8) is 0 Å². The number of hydrogen-bond acceptors (Lipinski definition) is 8. The first kappa shape index (κ1) is 58.9. The Morgan fingerprint density at radius 1 is 0.532 bits per heavy atom. The third-order valence-electron chi connectivity index (χ3n) is 13.1. The highest BCUT2D eigenvalue weighted by Crippen LogP contribution is 2.23. The van der Waals surface area contributed by atoms with Gasteiger partial charge in [0, 0.05) is 6.42 Å². The molecule has 7 atom stereocenters. The number of nitrogens with one attached hydrogen (secondary N) is 1. The van der Waals surface area contributed by atoms with E-state index in [-0.39, 0.29) is 12.5 Å². The Morgan fingerprint density at radius 2 is 0.887 bits per heavy atom. The molecule has 0 spiro atoms. The molecule has 1 fully saturated rings. The Morgan fingerprint density at radius 3 is 1.26 bits per heavy atom. The van der Waals surface area contributed by atoms with Crippen LogP contribution in [0.4, 0.5) is 0 Å². The molecule has 2 unspecified atom stereocenters. The molecule has 0 aromatic carbocycles. The van der Waals surface area contributed by atoms with Gasteiger partial charge in [-0.1, -0.05) is 251 Å². The number of amides is 1. The van der Waals surface area contributed by atoms with Crippen molar-refractivity contribution in [2.75, 3.05) is 13.2 Å². The van der Waals surface area contributed by atoms with Crippen molar-refractivity contribution in [2.45, 2.75) is 307 Å². The maximum atomic E-state index is 13.0. The second kappa shape index (κ2) is 43.8. The predicted molar refractivity (Wildman–Crippen MR) is 258 cm³/mol. The maximum Gasteiger partial charge on any atom is 0.220 e. The fraction of sp³-hybridized carbons (Fsp3) is 0.943. The monoisotopic (exact) mass is 882 g/mol. The SMILES string of the molecule is CCCCCCCCCCCCC/C=C/[C@@H](O)[C@H](CO[C@@H]1O[C@H](CO)[C@H](O)C(O)C1O)NC(=O)CCCCCCCCCCCCCCCCCCCCCCCCCCCC. The number of unbranched alkanes of at least 4 members (excludes halogenated alkanes) is 36. The summed E-state index contributed by atoms with van der Waals surface area (Å²) in [6.07, 6.45) is 45.6. The Kier molecular flexibility index (Phi) is 41.6. The van der Waals surface area contributed by atoms with Gasteiger partial charge in [0.25, 0.3) is 0 Å². The molecule has 0 saturated carbocycles. The number of hydrogen-bond donors (Lipinski definition) is 6. The molecule has 1 amide bonds. The van der Waals surface area contributed by atoms with Crippen LogP contribution in [0.15, 0.2) is 12.2 Å². The second-order valence-corrected chi connectivity index (χ2v) is 19.0. The molecule has 0 aliphatic carbocycles. The molecular formula is C53H103NO8. The average molecular weight is 882 g/mol. The van der Waals surface area contributed by atoms with E-state index in [9.17, 15) is 30.3 Å². The molecule has 1 heterocycles. The lowest BCUT2D eigenvalue weighted by molar-refractivity contribution is -0.302. The zero-order valence-electron chi connectivity index (χ0n) is 40.6. The minimum absolute atomic E-state index is 0.172. The summed E-state index contributed by atoms with van der Waals surface area (Å²) in [7, 11) is 0. The second-order valence-electron chi connectivity index (χ2n) is 19.0. The van der Waals surface area contributed by atoms with Crippen LogP contribution in [0.2, 0.25) is 0 Å². The summed E-state index contributed by atoms with van der Waals surface area (Å²) >= 11 is 0. The molecule has 0 bridgehead atoms. The van der Waals surface area contributed by atoms with Gasteiger partial charge in [0.2, 0.25) is 5.91 Å². The molecule has 0 radical (unpaired) electrons. The highest BCUT2D eigenvalue weighted by Gasteiger charge is 2.44. The standard InChI is InChI=1S/C53H103NO8/c1-3-5-7-9-11-13-15-17-18-19-20-21-22-23-24-25-26-27-28-29-31-33-35-37-39-41-43-49(57)54-46(45-61-53-52(60)51(59)50(58)48(44-55)62-53)47(56)42-40-38-36-34-32-30-16-14-12-10-8-6-4-2/h40,42,46-48,50-53,55-56,58-60H,3-39,41,43-45H2,1-2H3,(H,54,57)/b42-40+/t46-,47+,48+,50-,51?,52?,53+/m0/s1. The van der Waals surface area contributed by atoms with E-state index in [1.165, 1.54) is 205 Å². The van der Waals surface area contributed by atoms with Gasteiger partial charge in [0.15, 0.2) is 6.29 Å². The van der Waals surface area contributed by atoms with E-state index in [0.29, 0.717) is 6.42 Å². The van der Waals surface area contributed by atoms with E-state index in [1.807, 2.05) is 6.08 Å². The van der Waals surface area contributed by atoms with Crippen LogP contribution >= 0.6 is 0 Å². The smallest absolute Gasteiger partial charge is 0.220 e. The molecule has 1 saturated heterocycles. The van der Waals surface area contributed by atoms with Crippen LogP contribution in [0, 0.1) is 0 Å². The molecule has 9 nitrogen and oxygen atoms in total. The molecule has 0 aromatic heterocycles. The summed E-state index contributed by atoms with van der Waals surface area (Å²) in [5, 5.41) is 54.3. The van der Waals surface area contributed by atoms with Crippen LogP contribution in [-0.4, -0.2) is 87.5 Å². The van der Waals surface area contributed by atoms with Crippen LogP contribution in [0.1, 0.15) is 264 Å². The molecule has 1 rings (SSSR count). The van der Waals surface area contributed by atoms with Gasteiger partial charge in [0.1, 0.15) is 24.4 Å². The van der Waals surface area contributed by atoms with Crippen molar-refractivity contribution in [3.8, 4) is 0 Å². The molecular weight excluding hydrogens is 779 g/mol. The van der Waals surface area contributed by atoms with Crippen molar-refractivity contribution >= 4 is 5.91 Å². The number of carbonyl (C=O) groups is 1. The lowest BCUT2D eigenvalue weighted by Crippen LogP contribution is -2.60. The van der Waals surface area contributed by atoms with Crippen molar-refractivity contribution in [1.29, 1.82) is 0 Å². The third-order valence-corrected chi connectivity index (χ3v) is 13.1.